The first-order valence-electron chi connectivity index (χ1n) is 9.19. The van der Waals surface area contributed by atoms with Crippen molar-refractivity contribution in [2.24, 2.45) is 0 Å². The van der Waals surface area contributed by atoms with Gasteiger partial charge in [-0.05, 0) is 63.2 Å². The summed E-state index contributed by atoms with van der Waals surface area (Å²) in [7, 11) is 1.63. The fourth-order valence-electron chi connectivity index (χ4n) is 3.53. The fraction of sp³-hybridized carbons (Fsp3) is 0.364. The third-order valence-electron chi connectivity index (χ3n) is 5.11. The number of aliphatic hydroxyl groups is 1. The van der Waals surface area contributed by atoms with E-state index >= 15 is 0 Å². The van der Waals surface area contributed by atoms with Crippen LogP contribution in [0.1, 0.15) is 37.8 Å². The van der Waals surface area contributed by atoms with E-state index in [2.05, 4.69) is 6.07 Å². The minimum atomic E-state index is -0.853. The Balaban J connectivity index is 2.06. The predicted molar refractivity (Wildman–Crippen MR) is 113 cm³/mol. The van der Waals surface area contributed by atoms with Gasteiger partial charge in [-0.2, -0.15) is 5.26 Å². The van der Waals surface area contributed by atoms with E-state index in [0.29, 0.717) is 22.8 Å². The van der Waals surface area contributed by atoms with Crippen LogP contribution in [0.4, 0.5) is 5.69 Å². The van der Waals surface area contributed by atoms with Gasteiger partial charge in [-0.3, -0.25) is 0 Å². The molecule has 0 saturated carbocycles. The highest BCUT2D eigenvalue weighted by Gasteiger charge is 2.45. The van der Waals surface area contributed by atoms with Gasteiger partial charge in [-0.15, -0.1) is 0 Å². The summed E-state index contributed by atoms with van der Waals surface area (Å²) < 4.78 is 11.2. The molecule has 2 aromatic rings. The molecule has 0 radical (unpaired) electrons. The second-order valence-corrected chi connectivity index (χ2v) is 7.69. The maximum absolute atomic E-state index is 11.1. The molecule has 6 heteroatoms. The zero-order chi connectivity index (χ0) is 20.5. The number of methoxy groups -OCH3 is 1. The molecular formula is C22H24N2O3S. The minimum absolute atomic E-state index is 0.468. The molecule has 2 aromatic carbocycles. The molecule has 2 unspecified atom stereocenters. The van der Waals surface area contributed by atoms with Gasteiger partial charge in [0.05, 0.1) is 29.6 Å². The van der Waals surface area contributed by atoms with Crippen LogP contribution >= 0.6 is 12.2 Å². The van der Waals surface area contributed by atoms with Crippen LogP contribution in [0.5, 0.6) is 11.5 Å². The lowest BCUT2D eigenvalue weighted by Gasteiger charge is -2.44. The number of ether oxygens (including phenoxy) is 2. The molecular weight excluding hydrogens is 372 g/mol. The molecule has 0 saturated heterocycles. The Kier molecular flexibility index (Phi) is 5.59. The first-order chi connectivity index (χ1) is 13.3. The standard InChI is InChI=1S/C22H24N2O3S/c1-5-24(15-7-9-16(26-4)10-8-15)21(28)19-17-12-14(13-23)6-11-18(17)27-22(2,3)20(19)25/h6-12,19-20,25H,5H2,1-4H3. The van der Waals surface area contributed by atoms with Crippen LogP contribution in [0, 0.1) is 11.3 Å². The van der Waals surface area contributed by atoms with Gasteiger partial charge in [0.2, 0.25) is 0 Å². The lowest BCUT2D eigenvalue weighted by atomic mass is 9.80. The summed E-state index contributed by atoms with van der Waals surface area (Å²) in [5, 5.41) is 20.4. The Labute approximate surface area is 171 Å². The van der Waals surface area contributed by atoms with Crippen molar-refractivity contribution in [1.82, 2.24) is 0 Å². The van der Waals surface area contributed by atoms with E-state index in [9.17, 15) is 10.4 Å². The number of hydrogen-bond donors (Lipinski definition) is 1. The van der Waals surface area contributed by atoms with Crippen molar-refractivity contribution in [3.63, 3.8) is 0 Å². The number of nitriles is 1. The number of anilines is 1. The molecule has 0 bridgehead atoms. The first-order valence-corrected chi connectivity index (χ1v) is 9.59. The summed E-state index contributed by atoms with van der Waals surface area (Å²) in [6, 6.07) is 15.1. The zero-order valence-electron chi connectivity index (χ0n) is 16.5. The topological polar surface area (TPSA) is 65.7 Å². The Morgan fingerprint density at radius 1 is 1.29 bits per heavy atom. The van der Waals surface area contributed by atoms with Gasteiger partial charge in [-0.25, -0.2) is 0 Å². The van der Waals surface area contributed by atoms with Crippen LogP contribution in [-0.4, -0.2) is 35.5 Å². The van der Waals surface area contributed by atoms with Crippen molar-refractivity contribution in [3.8, 4) is 17.6 Å². The number of rotatable bonds is 4. The minimum Gasteiger partial charge on any atom is -0.497 e. The highest BCUT2D eigenvalue weighted by molar-refractivity contribution is 7.80. The van der Waals surface area contributed by atoms with Crippen LogP contribution in [0.25, 0.3) is 0 Å². The highest BCUT2D eigenvalue weighted by atomic mass is 32.1. The Morgan fingerprint density at radius 3 is 2.54 bits per heavy atom. The largest absolute Gasteiger partial charge is 0.497 e. The SMILES string of the molecule is CCN(C(=S)C1c2cc(C#N)ccc2OC(C)(C)C1O)c1ccc(OC)cc1. The molecule has 0 aliphatic carbocycles. The molecule has 1 N–H and O–H groups in total. The molecule has 0 amide bonds. The van der Waals surface area contributed by atoms with Crippen molar-refractivity contribution in [1.29, 1.82) is 5.26 Å². The summed E-state index contributed by atoms with van der Waals surface area (Å²) in [6.07, 6.45) is -0.853. The monoisotopic (exact) mass is 396 g/mol. The summed E-state index contributed by atoms with van der Waals surface area (Å²) in [5.41, 5.74) is 1.36. The number of likely N-dealkylation sites (N-methyl/N-ethyl adjacent to an activating group) is 1. The molecule has 146 valence electrons. The average molecular weight is 397 g/mol. The number of hydrogen-bond acceptors (Lipinski definition) is 5. The second-order valence-electron chi connectivity index (χ2n) is 7.27. The van der Waals surface area contributed by atoms with Gasteiger partial charge >= 0.3 is 0 Å². The van der Waals surface area contributed by atoms with Gasteiger partial charge in [0.15, 0.2) is 0 Å². The average Bonchev–Trinajstić information content (AvgIpc) is 2.69. The summed E-state index contributed by atoms with van der Waals surface area (Å²) in [4.78, 5) is 2.58. The number of aliphatic hydroxyl groups excluding tert-OH is 1. The molecule has 0 aromatic heterocycles. The van der Waals surface area contributed by atoms with E-state index in [1.165, 1.54) is 0 Å². The van der Waals surface area contributed by atoms with Crippen LogP contribution in [0.3, 0.4) is 0 Å². The van der Waals surface area contributed by atoms with Crippen molar-refractivity contribution in [2.75, 3.05) is 18.6 Å². The smallest absolute Gasteiger partial charge is 0.130 e. The quantitative estimate of drug-likeness (QED) is 0.787. The lowest BCUT2D eigenvalue weighted by molar-refractivity contribution is -0.0465. The molecule has 1 heterocycles. The summed E-state index contributed by atoms with van der Waals surface area (Å²) in [5.74, 6) is 0.943. The van der Waals surface area contributed by atoms with Crippen LogP contribution < -0.4 is 14.4 Å². The van der Waals surface area contributed by atoms with Crippen LogP contribution in [-0.2, 0) is 0 Å². The lowest BCUT2D eigenvalue weighted by Crippen LogP contribution is -2.53. The molecule has 0 fully saturated rings. The summed E-state index contributed by atoms with van der Waals surface area (Å²) in [6.45, 7) is 6.35. The number of benzene rings is 2. The van der Waals surface area contributed by atoms with E-state index in [4.69, 9.17) is 21.7 Å². The Bertz CT molecular complexity index is 918. The number of fused-ring (bicyclic) bond motifs is 1. The molecule has 3 rings (SSSR count). The molecule has 1 aliphatic rings. The van der Waals surface area contributed by atoms with Gasteiger partial charge in [0, 0.05) is 17.8 Å². The van der Waals surface area contributed by atoms with E-state index < -0.39 is 17.6 Å². The maximum Gasteiger partial charge on any atom is 0.130 e. The van der Waals surface area contributed by atoms with Gasteiger partial charge in [-0.1, -0.05) is 12.2 Å². The first kappa shape index (κ1) is 20.1. The predicted octanol–water partition coefficient (Wildman–Crippen LogP) is 4.04. The third-order valence-corrected chi connectivity index (χ3v) is 5.58. The maximum atomic E-state index is 11.1. The van der Waals surface area contributed by atoms with Gasteiger partial charge in [0.1, 0.15) is 23.2 Å². The molecule has 0 spiro atoms. The fourth-order valence-corrected chi connectivity index (χ4v) is 4.02. The third kappa shape index (κ3) is 3.56. The van der Waals surface area contributed by atoms with Crippen molar-refractivity contribution >= 4 is 22.9 Å². The van der Waals surface area contributed by atoms with Crippen molar-refractivity contribution < 1.29 is 14.6 Å². The molecule has 28 heavy (non-hydrogen) atoms. The Hall–Kier alpha value is -2.62. The summed E-state index contributed by atoms with van der Waals surface area (Å²) >= 11 is 5.87. The molecule has 2 atom stereocenters. The van der Waals surface area contributed by atoms with E-state index in [0.717, 1.165) is 17.0 Å². The van der Waals surface area contributed by atoms with Gasteiger partial charge < -0.3 is 19.5 Å². The van der Waals surface area contributed by atoms with Crippen molar-refractivity contribution in [3.05, 3.63) is 53.6 Å². The van der Waals surface area contributed by atoms with Crippen LogP contribution in [0.2, 0.25) is 0 Å². The molecule has 1 aliphatic heterocycles. The highest BCUT2D eigenvalue weighted by Crippen LogP contribution is 2.43. The number of thiocarbonyl (C=S) groups is 1. The molecule has 5 nitrogen and oxygen atoms in total. The van der Waals surface area contributed by atoms with E-state index in [1.54, 1.807) is 25.3 Å². The van der Waals surface area contributed by atoms with Crippen molar-refractivity contribution in [2.45, 2.75) is 38.4 Å². The second kappa shape index (κ2) is 7.78. The Morgan fingerprint density at radius 2 is 1.96 bits per heavy atom. The zero-order valence-corrected chi connectivity index (χ0v) is 17.3. The van der Waals surface area contributed by atoms with Gasteiger partial charge in [0.25, 0.3) is 0 Å². The van der Waals surface area contributed by atoms with E-state index in [1.807, 2.05) is 49.9 Å². The van der Waals surface area contributed by atoms with Crippen LogP contribution in [0.15, 0.2) is 42.5 Å². The normalized spacial score (nSPS) is 19.7. The number of nitrogens with zero attached hydrogens (tertiary/aromatic N) is 2. The van der Waals surface area contributed by atoms with E-state index in [-0.39, 0.29) is 0 Å².